The molecule has 1 saturated heterocycles. The molecular formula is C17H34N4O2. The molecule has 1 fully saturated rings. The van der Waals surface area contributed by atoms with E-state index >= 15 is 0 Å². The van der Waals surface area contributed by atoms with Crippen LogP contribution in [0.2, 0.25) is 0 Å². The molecule has 134 valence electrons. The van der Waals surface area contributed by atoms with Crippen molar-refractivity contribution in [1.29, 1.82) is 0 Å². The number of amides is 1. The van der Waals surface area contributed by atoms with Crippen LogP contribution in [0, 0.1) is 0 Å². The molecule has 1 rings (SSSR count). The summed E-state index contributed by atoms with van der Waals surface area (Å²) in [6.45, 7) is 13.8. The van der Waals surface area contributed by atoms with Crippen LogP contribution in [-0.2, 0) is 9.53 Å². The van der Waals surface area contributed by atoms with Crippen molar-refractivity contribution < 1.29 is 9.53 Å². The molecule has 6 nitrogen and oxygen atoms in total. The lowest BCUT2D eigenvalue weighted by molar-refractivity contribution is -0.130. The van der Waals surface area contributed by atoms with Gasteiger partial charge in [-0.2, -0.15) is 0 Å². The van der Waals surface area contributed by atoms with E-state index in [9.17, 15) is 4.79 Å². The molecule has 0 spiro atoms. The monoisotopic (exact) mass is 326 g/mol. The molecule has 1 heterocycles. The van der Waals surface area contributed by atoms with Gasteiger partial charge in [0, 0.05) is 45.8 Å². The zero-order chi connectivity index (χ0) is 17.1. The minimum Gasteiger partial charge on any atom is -0.378 e. The third kappa shape index (κ3) is 6.77. The van der Waals surface area contributed by atoms with Gasteiger partial charge in [-0.3, -0.25) is 9.79 Å². The van der Waals surface area contributed by atoms with Gasteiger partial charge in [0.25, 0.3) is 0 Å². The normalized spacial score (nSPS) is 16.5. The van der Waals surface area contributed by atoms with Gasteiger partial charge >= 0.3 is 0 Å². The average molecular weight is 326 g/mol. The zero-order valence-electron chi connectivity index (χ0n) is 15.3. The van der Waals surface area contributed by atoms with Gasteiger partial charge < -0.3 is 19.9 Å². The lowest BCUT2D eigenvalue weighted by Crippen LogP contribution is -2.47. The second-order valence-electron chi connectivity index (χ2n) is 5.69. The fraction of sp³-hybridized carbons (Fsp3) is 0.882. The molecule has 1 aliphatic heterocycles. The number of rotatable bonds is 8. The number of likely N-dealkylation sites (tertiary alicyclic amines) is 1. The van der Waals surface area contributed by atoms with Gasteiger partial charge in [-0.1, -0.05) is 0 Å². The highest BCUT2D eigenvalue weighted by atomic mass is 16.5. The first kappa shape index (κ1) is 19.7. The third-order valence-corrected chi connectivity index (χ3v) is 4.18. The third-order valence-electron chi connectivity index (χ3n) is 4.18. The Morgan fingerprint density at radius 1 is 1.22 bits per heavy atom. The summed E-state index contributed by atoms with van der Waals surface area (Å²) in [5.41, 5.74) is 0. The van der Waals surface area contributed by atoms with Gasteiger partial charge in [0.05, 0.1) is 12.6 Å². The van der Waals surface area contributed by atoms with Gasteiger partial charge in [-0.05, 0) is 40.5 Å². The minimum absolute atomic E-state index is 0.185. The molecular weight excluding hydrogens is 292 g/mol. The fourth-order valence-corrected chi connectivity index (χ4v) is 2.89. The van der Waals surface area contributed by atoms with E-state index in [1.165, 1.54) is 0 Å². The average Bonchev–Trinajstić information content (AvgIpc) is 2.56. The van der Waals surface area contributed by atoms with Crippen LogP contribution in [-0.4, -0.2) is 73.6 Å². The molecule has 0 atom stereocenters. The number of hydrogen-bond donors (Lipinski definition) is 1. The van der Waals surface area contributed by atoms with Crippen molar-refractivity contribution in [2.45, 2.75) is 53.1 Å². The first-order chi connectivity index (χ1) is 11.2. The van der Waals surface area contributed by atoms with E-state index in [0.717, 1.165) is 58.1 Å². The van der Waals surface area contributed by atoms with Crippen LogP contribution in [0.4, 0.5) is 0 Å². The van der Waals surface area contributed by atoms with E-state index < -0.39 is 0 Å². The van der Waals surface area contributed by atoms with Crippen molar-refractivity contribution >= 4 is 11.9 Å². The van der Waals surface area contributed by atoms with Crippen molar-refractivity contribution in [2.24, 2.45) is 4.99 Å². The van der Waals surface area contributed by atoms with E-state index in [1.807, 2.05) is 25.7 Å². The summed E-state index contributed by atoms with van der Waals surface area (Å²) in [6, 6.07) is 0. The van der Waals surface area contributed by atoms with Crippen LogP contribution in [0.5, 0.6) is 0 Å². The fourth-order valence-electron chi connectivity index (χ4n) is 2.89. The lowest BCUT2D eigenvalue weighted by atomic mass is 10.1. The van der Waals surface area contributed by atoms with Crippen LogP contribution in [0.25, 0.3) is 0 Å². The maximum Gasteiger partial charge on any atom is 0.224 e. The second-order valence-corrected chi connectivity index (χ2v) is 5.69. The molecule has 0 radical (unpaired) electrons. The SMILES string of the molecule is CCNC(=NCCC(=O)N(CC)CC)N1CCC(OCC)CC1. The molecule has 1 aliphatic rings. The Bertz CT molecular complexity index is 362. The summed E-state index contributed by atoms with van der Waals surface area (Å²) < 4.78 is 5.70. The molecule has 0 unspecified atom stereocenters. The van der Waals surface area contributed by atoms with E-state index in [2.05, 4.69) is 22.1 Å². The number of aliphatic imine (C=N–C) groups is 1. The van der Waals surface area contributed by atoms with Crippen LogP contribution in [0.3, 0.4) is 0 Å². The van der Waals surface area contributed by atoms with E-state index in [0.29, 0.717) is 19.1 Å². The molecule has 1 N–H and O–H groups in total. The van der Waals surface area contributed by atoms with Crippen LogP contribution in [0.15, 0.2) is 4.99 Å². The van der Waals surface area contributed by atoms with Crippen molar-refractivity contribution in [3.8, 4) is 0 Å². The topological polar surface area (TPSA) is 57.2 Å². The molecule has 0 bridgehead atoms. The quantitative estimate of drug-likeness (QED) is 0.545. The number of carbonyl (C=O) groups is 1. The molecule has 6 heteroatoms. The Morgan fingerprint density at radius 3 is 2.39 bits per heavy atom. The maximum absolute atomic E-state index is 12.0. The summed E-state index contributed by atoms with van der Waals surface area (Å²) in [4.78, 5) is 20.8. The van der Waals surface area contributed by atoms with Gasteiger partial charge in [0.15, 0.2) is 5.96 Å². The summed E-state index contributed by atoms with van der Waals surface area (Å²) in [5.74, 6) is 1.11. The summed E-state index contributed by atoms with van der Waals surface area (Å²) in [6.07, 6.45) is 2.93. The number of hydrogen-bond acceptors (Lipinski definition) is 3. The Morgan fingerprint density at radius 2 is 1.87 bits per heavy atom. The molecule has 1 amide bonds. The number of carbonyl (C=O) groups excluding carboxylic acids is 1. The second kappa shape index (κ2) is 11.3. The van der Waals surface area contributed by atoms with Crippen LogP contribution < -0.4 is 5.32 Å². The Hall–Kier alpha value is -1.30. The smallest absolute Gasteiger partial charge is 0.224 e. The zero-order valence-corrected chi connectivity index (χ0v) is 15.3. The van der Waals surface area contributed by atoms with Crippen molar-refractivity contribution in [2.75, 3.05) is 45.9 Å². The molecule has 0 saturated carbocycles. The number of piperidine rings is 1. The van der Waals surface area contributed by atoms with Crippen LogP contribution >= 0.6 is 0 Å². The Labute approximate surface area is 141 Å². The minimum atomic E-state index is 0.185. The van der Waals surface area contributed by atoms with Crippen molar-refractivity contribution in [1.82, 2.24) is 15.1 Å². The maximum atomic E-state index is 12.0. The largest absolute Gasteiger partial charge is 0.378 e. The highest BCUT2D eigenvalue weighted by Gasteiger charge is 2.21. The first-order valence-corrected chi connectivity index (χ1v) is 9.08. The van der Waals surface area contributed by atoms with Gasteiger partial charge in [-0.25, -0.2) is 0 Å². The predicted octanol–water partition coefficient (Wildman–Crippen LogP) is 1.71. The molecule has 0 aliphatic carbocycles. The molecule has 0 aromatic heterocycles. The highest BCUT2D eigenvalue weighted by molar-refractivity contribution is 5.81. The van der Waals surface area contributed by atoms with E-state index in [1.54, 1.807) is 0 Å². The van der Waals surface area contributed by atoms with Gasteiger partial charge in [0.2, 0.25) is 5.91 Å². The standard InChI is InChI=1S/C17H34N4O2/c1-5-18-17(19-12-9-16(22)20(6-2)7-3)21-13-10-15(11-14-21)23-8-4/h15H,5-14H2,1-4H3,(H,18,19). The van der Waals surface area contributed by atoms with Crippen molar-refractivity contribution in [3.63, 3.8) is 0 Å². The van der Waals surface area contributed by atoms with Gasteiger partial charge in [0.1, 0.15) is 0 Å². The molecule has 0 aromatic carbocycles. The Balaban J connectivity index is 2.49. The molecule has 0 aromatic rings. The first-order valence-electron chi connectivity index (χ1n) is 9.08. The van der Waals surface area contributed by atoms with Gasteiger partial charge in [-0.15, -0.1) is 0 Å². The van der Waals surface area contributed by atoms with E-state index in [4.69, 9.17) is 4.74 Å². The summed E-state index contributed by atoms with van der Waals surface area (Å²) >= 11 is 0. The highest BCUT2D eigenvalue weighted by Crippen LogP contribution is 2.13. The summed E-state index contributed by atoms with van der Waals surface area (Å²) in [5, 5.41) is 3.34. The van der Waals surface area contributed by atoms with Crippen LogP contribution in [0.1, 0.15) is 47.0 Å². The van der Waals surface area contributed by atoms with E-state index in [-0.39, 0.29) is 5.91 Å². The number of nitrogens with one attached hydrogen (secondary N) is 1. The summed E-state index contributed by atoms with van der Waals surface area (Å²) in [7, 11) is 0. The molecule has 23 heavy (non-hydrogen) atoms. The number of ether oxygens (including phenoxy) is 1. The number of guanidine groups is 1. The Kier molecular flexibility index (Phi) is 9.67. The lowest BCUT2D eigenvalue weighted by Gasteiger charge is -2.34. The number of nitrogens with zero attached hydrogens (tertiary/aromatic N) is 3. The van der Waals surface area contributed by atoms with Crippen molar-refractivity contribution in [3.05, 3.63) is 0 Å². The predicted molar refractivity (Wildman–Crippen MR) is 94.7 cm³/mol.